The summed E-state index contributed by atoms with van der Waals surface area (Å²) in [4.78, 5) is 29.8. The molecule has 0 atom stereocenters. The molecule has 3 aliphatic carbocycles. The summed E-state index contributed by atoms with van der Waals surface area (Å²) in [6.07, 6.45) is 9.08. The van der Waals surface area contributed by atoms with Crippen molar-refractivity contribution < 1.29 is 9.59 Å². The maximum atomic E-state index is 12.2. The Bertz CT molecular complexity index is 1060. The van der Waals surface area contributed by atoms with Crippen molar-refractivity contribution in [2.24, 2.45) is 5.92 Å². The van der Waals surface area contributed by atoms with Crippen LogP contribution in [0.3, 0.4) is 0 Å². The molecule has 1 fully saturated rings. The molecule has 4 aliphatic rings. The first-order valence-electron chi connectivity index (χ1n) is 10.4. The highest BCUT2D eigenvalue weighted by molar-refractivity contribution is 5.79. The molecule has 1 N–H and O–H groups in total. The van der Waals surface area contributed by atoms with Crippen molar-refractivity contribution in [1.82, 2.24) is 10.3 Å². The molecule has 1 saturated carbocycles. The van der Waals surface area contributed by atoms with Gasteiger partial charge in [0.15, 0.2) is 0 Å². The number of carbonyl (C=O) groups excluding carboxylic acids is 2. The lowest BCUT2D eigenvalue weighted by Crippen LogP contribution is -2.58. The van der Waals surface area contributed by atoms with Gasteiger partial charge in [-0.05, 0) is 66.0 Å². The van der Waals surface area contributed by atoms with Crippen molar-refractivity contribution in [3.63, 3.8) is 0 Å². The zero-order valence-electron chi connectivity index (χ0n) is 16.9. The Morgan fingerprint density at radius 3 is 2.90 bits per heavy atom. The molecule has 6 rings (SSSR count). The van der Waals surface area contributed by atoms with Gasteiger partial charge in [-0.25, -0.2) is 4.79 Å². The van der Waals surface area contributed by atoms with Crippen LogP contribution in [0.2, 0.25) is 0 Å². The first-order valence-corrected chi connectivity index (χ1v) is 10.4. The van der Waals surface area contributed by atoms with E-state index in [1.54, 1.807) is 0 Å². The number of carbonyl (C=O) groups is 1. The van der Waals surface area contributed by atoms with Gasteiger partial charge in [0.05, 0.1) is 5.54 Å². The minimum atomic E-state index is -0.230. The number of nitrogens with zero attached hydrogens (tertiary/aromatic N) is 2. The van der Waals surface area contributed by atoms with Crippen LogP contribution in [0.1, 0.15) is 49.3 Å². The minimum absolute atomic E-state index is 0.109. The van der Waals surface area contributed by atoms with Crippen LogP contribution in [0.15, 0.2) is 36.3 Å². The highest BCUT2D eigenvalue weighted by atomic mass is 16.1. The van der Waals surface area contributed by atoms with Crippen LogP contribution in [0.5, 0.6) is 0 Å². The Kier molecular flexibility index (Phi) is 4.11. The van der Waals surface area contributed by atoms with E-state index < -0.39 is 0 Å². The van der Waals surface area contributed by atoms with Crippen LogP contribution in [0, 0.1) is 5.92 Å². The molecule has 1 aromatic heterocycles. The van der Waals surface area contributed by atoms with Crippen molar-refractivity contribution >= 4 is 17.5 Å². The molecule has 0 radical (unpaired) electrons. The third kappa shape index (κ3) is 2.72. The van der Waals surface area contributed by atoms with Crippen LogP contribution >= 0.6 is 0 Å². The number of rotatable bonds is 3. The number of hydrogen-bond donors (Lipinski definition) is 1. The largest absolute Gasteiger partial charge is 0.347 e. The Labute approximate surface area is 170 Å². The second-order valence-corrected chi connectivity index (χ2v) is 8.63. The molecule has 29 heavy (non-hydrogen) atoms. The first-order chi connectivity index (χ1) is 14.0. The van der Waals surface area contributed by atoms with E-state index >= 15 is 0 Å². The van der Waals surface area contributed by atoms with Gasteiger partial charge in [0.1, 0.15) is 11.6 Å². The Hall–Kier alpha value is -2.91. The number of aromatic nitrogens is 1. The number of fused-ring (bicyclic) bond motifs is 1. The van der Waals surface area contributed by atoms with E-state index in [1.165, 1.54) is 27.8 Å². The van der Waals surface area contributed by atoms with E-state index in [4.69, 9.17) is 0 Å². The summed E-state index contributed by atoms with van der Waals surface area (Å²) < 4.78 is 0. The van der Waals surface area contributed by atoms with Gasteiger partial charge < -0.3 is 10.2 Å². The van der Waals surface area contributed by atoms with Gasteiger partial charge in [-0.1, -0.05) is 13.0 Å². The number of pyridine rings is 1. The van der Waals surface area contributed by atoms with Gasteiger partial charge in [-0.15, -0.1) is 0 Å². The molecule has 1 aliphatic heterocycles. The number of allylic oxidation sites excluding steroid dienone is 1. The second kappa shape index (κ2) is 6.57. The Morgan fingerprint density at radius 2 is 2.14 bits per heavy atom. The molecule has 5 nitrogen and oxygen atoms in total. The summed E-state index contributed by atoms with van der Waals surface area (Å²) in [5.41, 5.74) is 7.66. The molecule has 1 amide bonds. The standard InChI is InChI=1S/C24H25N3O2/c1-3-23(29)26-24-10-15(11-24)8-19-20(12-25-13-21(19)24)16-5-7-22-17(9-16)4-6-18(14-28)27(22)2/h5,7,9,12-13,15H,3-4,6,8,10-11H2,1-2H3,(H,26,29). The van der Waals surface area contributed by atoms with Gasteiger partial charge >= 0.3 is 0 Å². The van der Waals surface area contributed by atoms with E-state index in [0.29, 0.717) is 18.0 Å². The molecule has 2 heterocycles. The van der Waals surface area contributed by atoms with E-state index in [2.05, 4.69) is 34.4 Å². The normalized spacial score (nSPS) is 24.1. The van der Waals surface area contributed by atoms with Gasteiger partial charge in [-0.2, -0.15) is 0 Å². The van der Waals surface area contributed by atoms with Crippen molar-refractivity contribution in [1.29, 1.82) is 0 Å². The topological polar surface area (TPSA) is 62.3 Å². The van der Waals surface area contributed by atoms with Gasteiger partial charge in [0.2, 0.25) is 5.91 Å². The smallest absolute Gasteiger partial charge is 0.220 e. The summed E-state index contributed by atoms with van der Waals surface area (Å²) in [5.74, 6) is 2.80. The van der Waals surface area contributed by atoms with E-state index in [9.17, 15) is 9.59 Å². The third-order valence-electron chi connectivity index (χ3n) is 6.95. The van der Waals surface area contributed by atoms with Crippen LogP contribution in [-0.2, 0) is 28.0 Å². The SMILES string of the molecule is CCC(=O)NC12CC(Cc3c(-c4ccc5c(c4)CCC(=C=O)N5C)cncc31)C2. The lowest BCUT2D eigenvalue weighted by Gasteiger charge is -2.54. The molecular formula is C24H25N3O2. The van der Waals surface area contributed by atoms with Gasteiger partial charge in [0.25, 0.3) is 0 Å². The van der Waals surface area contributed by atoms with E-state index in [1.807, 2.05) is 31.3 Å². The van der Waals surface area contributed by atoms with Crippen LogP contribution < -0.4 is 10.2 Å². The maximum absolute atomic E-state index is 12.2. The fourth-order valence-corrected chi connectivity index (χ4v) is 5.44. The first kappa shape index (κ1) is 18.1. The highest BCUT2D eigenvalue weighted by Crippen LogP contribution is 2.54. The van der Waals surface area contributed by atoms with Crippen LogP contribution in [0.25, 0.3) is 11.1 Å². The molecule has 5 heteroatoms. The molecule has 1 aromatic carbocycles. The average molecular weight is 387 g/mol. The molecule has 2 aromatic rings. The molecule has 148 valence electrons. The van der Waals surface area contributed by atoms with Crippen molar-refractivity contribution in [2.75, 3.05) is 11.9 Å². The quantitative estimate of drug-likeness (QED) is 0.819. The number of nitrogens with one attached hydrogen (secondary N) is 1. The third-order valence-corrected chi connectivity index (χ3v) is 6.95. The highest BCUT2D eigenvalue weighted by Gasteiger charge is 2.51. The van der Waals surface area contributed by atoms with Crippen molar-refractivity contribution in [2.45, 2.75) is 51.0 Å². The summed E-state index contributed by atoms with van der Waals surface area (Å²) in [6.45, 7) is 1.90. The number of amides is 1. The molecule has 2 bridgehead atoms. The lowest BCUT2D eigenvalue weighted by molar-refractivity contribution is -0.125. The average Bonchev–Trinajstić information content (AvgIpc) is 2.72. The van der Waals surface area contributed by atoms with Crippen molar-refractivity contribution in [3.05, 3.63) is 53.0 Å². The Morgan fingerprint density at radius 1 is 1.31 bits per heavy atom. The predicted molar refractivity (Wildman–Crippen MR) is 112 cm³/mol. The Balaban J connectivity index is 1.56. The second-order valence-electron chi connectivity index (χ2n) is 8.63. The lowest BCUT2D eigenvalue weighted by atomic mass is 9.56. The monoisotopic (exact) mass is 387 g/mol. The number of benzene rings is 1. The fourth-order valence-electron chi connectivity index (χ4n) is 5.44. The van der Waals surface area contributed by atoms with Crippen LogP contribution in [0.4, 0.5) is 5.69 Å². The van der Waals surface area contributed by atoms with Crippen LogP contribution in [-0.4, -0.2) is 23.9 Å². The minimum Gasteiger partial charge on any atom is -0.347 e. The molecule has 0 saturated heterocycles. The summed E-state index contributed by atoms with van der Waals surface area (Å²) in [6, 6.07) is 6.46. The number of aryl methyl sites for hydroxylation is 1. The van der Waals surface area contributed by atoms with Gasteiger partial charge in [0, 0.05) is 43.5 Å². The molecule has 0 unspecified atom stereocenters. The maximum Gasteiger partial charge on any atom is 0.220 e. The molecule has 0 spiro atoms. The summed E-state index contributed by atoms with van der Waals surface area (Å²) in [7, 11) is 1.93. The van der Waals surface area contributed by atoms with Crippen molar-refractivity contribution in [3.8, 4) is 11.1 Å². The summed E-state index contributed by atoms with van der Waals surface area (Å²) in [5, 5.41) is 3.29. The van der Waals surface area contributed by atoms with E-state index in [-0.39, 0.29) is 11.4 Å². The molecular weight excluding hydrogens is 362 g/mol. The fraction of sp³-hybridized carbons (Fsp3) is 0.417. The van der Waals surface area contributed by atoms with E-state index in [0.717, 1.165) is 37.8 Å². The van der Waals surface area contributed by atoms with Gasteiger partial charge in [-0.3, -0.25) is 9.78 Å². The summed E-state index contributed by atoms with van der Waals surface area (Å²) >= 11 is 0. The number of anilines is 1. The predicted octanol–water partition coefficient (Wildman–Crippen LogP) is 3.53. The zero-order chi connectivity index (χ0) is 20.2. The zero-order valence-corrected chi connectivity index (χ0v) is 16.9. The number of hydrogen-bond acceptors (Lipinski definition) is 4.